The van der Waals surface area contributed by atoms with Gasteiger partial charge in [-0.2, -0.15) is 0 Å². The molecule has 1 amide bonds. The fraction of sp³-hybridized carbons (Fsp3) is 0.588. The maximum absolute atomic E-state index is 12.3. The van der Waals surface area contributed by atoms with Gasteiger partial charge in [-0.1, -0.05) is 13.8 Å². The first-order chi connectivity index (χ1) is 11.1. The van der Waals surface area contributed by atoms with Crippen molar-refractivity contribution in [1.29, 1.82) is 0 Å². The number of nitrogens with one attached hydrogen (secondary N) is 2. The van der Waals surface area contributed by atoms with Crippen molar-refractivity contribution >= 4 is 17.1 Å². The topological polar surface area (TPSA) is 71.8 Å². The Balaban J connectivity index is 1.66. The zero-order valence-corrected chi connectivity index (χ0v) is 13.9. The number of imidazole rings is 1. The van der Waals surface area contributed by atoms with Gasteiger partial charge >= 0.3 is 0 Å². The molecule has 1 aliphatic heterocycles. The van der Waals surface area contributed by atoms with Gasteiger partial charge in [0.05, 0.1) is 11.9 Å². The van der Waals surface area contributed by atoms with Crippen molar-refractivity contribution in [1.82, 2.24) is 25.2 Å². The van der Waals surface area contributed by atoms with Gasteiger partial charge in [-0.05, 0) is 43.8 Å². The summed E-state index contributed by atoms with van der Waals surface area (Å²) in [4.78, 5) is 21.1. The van der Waals surface area contributed by atoms with Crippen LogP contribution in [0.2, 0.25) is 0 Å². The number of rotatable bonds is 5. The number of pyridine rings is 1. The number of nitrogens with zero attached hydrogens (tertiary/aromatic N) is 3. The zero-order chi connectivity index (χ0) is 16.2. The second kappa shape index (κ2) is 7.08. The normalized spacial score (nSPS) is 16.1. The molecule has 0 radical (unpaired) electrons. The minimum Gasteiger partial charge on any atom is -0.352 e. The first-order valence-electron chi connectivity index (χ1n) is 8.43. The third-order valence-electron chi connectivity index (χ3n) is 4.29. The van der Waals surface area contributed by atoms with E-state index in [-0.39, 0.29) is 5.91 Å². The summed E-state index contributed by atoms with van der Waals surface area (Å²) in [5, 5.41) is 6.37. The molecular weight excluding hydrogens is 290 g/mol. The molecule has 3 heterocycles. The van der Waals surface area contributed by atoms with E-state index >= 15 is 0 Å². The van der Waals surface area contributed by atoms with Crippen molar-refractivity contribution in [3.8, 4) is 0 Å². The molecule has 2 N–H and O–H groups in total. The van der Waals surface area contributed by atoms with Gasteiger partial charge in [0, 0.05) is 19.3 Å². The fourth-order valence-electron chi connectivity index (χ4n) is 3.02. The van der Waals surface area contributed by atoms with Crippen LogP contribution in [0, 0.1) is 11.8 Å². The van der Waals surface area contributed by atoms with E-state index in [1.807, 2.05) is 10.6 Å². The van der Waals surface area contributed by atoms with Gasteiger partial charge in [0.25, 0.3) is 5.91 Å². The van der Waals surface area contributed by atoms with E-state index in [2.05, 4.69) is 34.4 Å². The van der Waals surface area contributed by atoms with E-state index in [0.717, 1.165) is 50.2 Å². The molecule has 6 nitrogen and oxygen atoms in total. The molecule has 23 heavy (non-hydrogen) atoms. The Kier molecular flexibility index (Phi) is 4.91. The maximum atomic E-state index is 12.3. The van der Waals surface area contributed by atoms with Crippen molar-refractivity contribution in [3.63, 3.8) is 0 Å². The summed E-state index contributed by atoms with van der Waals surface area (Å²) in [7, 11) is 0. The van der Waals surface area contributed by atoms with Crippen LogP contribution in [-0.4, -0.2) is 40.1 Å². The lowest BCUT2D eigenvalue weighted by molar-refractivity contribution is 0.0944. The largest absolute Gasteiger partial charge is 0.352 e. The lowest BCUT2D eigenvalue weighted by Crippen LogP contribution is -2.36. The molecule has 1 saturated heterocycles. The summed E-state index contributed by atoms with van der Waals surface area (Å²) in [5.74, 6) is 1.04. The summed E-state index contributed by atoms with van der Waals surface area (Å²) in [6.07, 6.45) is 5.70. The molecule has 0 unspecified atom stereocenters. The molecule has 0 aliphatic carbocycles. The Morgan fingerprint density at radius 1 is 1.39 bits per heavy atom. The molecule has 1 fully saturated rings. The number of hydrogen-bond acceptors (Lipinski definition) is 4. The number of amides is 1. The highest BCUT2D eigenvalue weighted by molar-refractivity contribution is 5.96. The average Bonchev–Trinajstić information content (AvgIpc) is 2.95. The van der Waals surface area contributed by atoms with Gasteiger partial charge in [0.15, 0.2) is 5.65 Å². The Morgan fingerprint density at radius 3 is 2.91 bits per heavy atom. The summed E-state index contributed by atoms with van der Waals surface area (Å²) in [5.41, 5.74) is 2.20. The number of piperidine rings is 1. The zero-order valence-electron chi connectivity index (χ0n) is 13.9. The molecule has 0 aromatic carbocycles. The summed E-state index contributed by atoms with van der Waals surface area (Å²) in [6, 6.07) is 1.83. The van der Waals surface area contributed by atoms with Gasteiger partial charge in [-0.25, -0.2) is 9.97 Å². The Bertz CT molecular complexity index is 673. The van der Waals surface area contributed by atoms with Crippen molar-refractivity contribution in [3.05, 3.63) is 24.2 Å². The van der Waals surface area contributed by atoms with Crippen LogP contribution in [-0.2, 0) is 6.54 Å². The third-order valence-corrected chi connectivity index (χ3v) is 4.29. The van der Waals surface area contributed by atoms with Gasteiger partial charge in [0.1, 0.15) is 5.52 Å². The SMILES string of the molecule is CC(C)Cn1cnc2cc(C(=O)NCC3CCNCC3)cnc21. The van der Waals surface area contributed by atoms with Crippen molar-refractivity contribution < 1.29 is 4.79 Å². The Hall–Kier alpha value is -1.95. The molecule has 6 heteroatoms. The fourth-order valence-corrected chi connectivity index (χ4v) is 3.02. The predicted molar refractivity (Wildman–Crippen MR) is 90.3 cm³/mol. The average molecular weight is 315 g/mol. The second-order valence-electron chi connectivity index (χ2n) is 6.76. The van der Waals surface area contributed by atoms with Gasteiger partial charge in [-0.15, -0.1) is 0 Å². The molecule has 2 aromatic heterocycles. The Morgan fingerprint density at radius 2 is 2.17 bits per heavy atom. The van der Waals surface area contributed by atoms with Gasteiger partial charge in [0.2, 0.25) is 0 Å². The monoisotopic (exact) mass is 315 g/mol. The minimum atomic E-state index is -0.0589. The first-order valence-corrected chi connectivity index (χ1v) is 8.43. The van der Waals surface area contributed by atoms with Crippen molar-refractivity contribution in [2.45, 2.75) is 33.2 Å². The second-order valence-corrected chi connectivity index (χ2v) is 6.76. The van der Waals surface area contributed by atoms with Crippen molar-refractivity contribution in [2.75, 3.05) is 19.6 Å². The number of aromatic nitrogens is 3. The molecular formula is C17H25N5O. The van der Waals surface area contributed by atoms with Gasteiger partial charge < -0.3 is 15.2 Å². The van der Waals surface area contributed by atoms with Crippen LogP contribution in [0.1, 0.15) is 37.0 Å². The Labute approximate surface area is 136 Å². The van der Waals surface area contributed by atoms with Crippen LogP contribution >= 0.6 is 0 Å². The molecule has 2 aromatic rings. The molecule has 0 bridgehead atoms. The summed E-state index contributed by atoms with van der Waals surface area (Å²) < 4.78 is 2.04. The highest BCUT2D eigenvalue weighted by atomic mass is 16.1. The number of hydrogen-bond donors (Lipinski definition) is 2. The minimum absolute atomic E-state index is 0.0589. The van der Waals surface area contributed by atoms with E-state index in [1.54, 1.807) is 12.5 Å². The molecule has 3 rings (SSSR count). The van der Waals surface area contributed by atoms with E-state index in [0.29, 0.717) is 17.4 Å². The molecule has 0 saturated carbocycles. The third kappa shape index (κ3) is 3.88. The van der Waals surface area contributed by atoms with Crippen LogP contribution in [0.3, 0.4) is 0 Å². The first kappa shape index (κ1) is 15.9. The number of fused-ring (bicyclic) bond motifs is 1. The predicted octanol–water partition coefficient (Wildman–Crippen LogP) is 1.82. The highest BCUT2D eigenvalue weighted by Crippen LogP contribution is 2.14. The molecule has 0 spiro atoms. The van der Waals surface area contributed by atoms with Crippen LogP contribution in [0.4, 0.5) is 0 Å². The van der Waals surface area contributed by atoms with Crippen LogP contribution in [0.5, 0.6) is 0 Å². The number of carbonyl (C=O) groups excluding carboxylic acids is 1. The van der Waals surface area contributed by atoms with E-state index in [9.17, 15) is 4.79 Å². The van der Waals surface area contributed by atoms with E-state index in [4.69, 9.17) is 0 Å². The maximum Gasteiger partial charge on any atom is 0.252 e. The van der Waals surface area contributed by atoms with Crippen LogP contribution in [0.25, 0.3) is 11.2 Å². The lowest BCUT2D eigenvalue weighted by Gasteiger charge is -2.22. The molecule has 124 valence electrons. The van der Waals surface area contributed by atoms with Crippen LogP contribution < -0.4 is 10.6 Å². The summed E-state index contributed by atoms with van der Waals surface area (Å²) >= 11 is 0. The van der Waals surface area contributed by atoms with Gasteiger partial charge in [-0.3, -0.25) is 4.79 Å². The smallest absolute Gasteiger partial charge is 0.252 e. The quantitative estimate of drug-likeness (QED) is 0.883. The van der Waals surface area contributed by atoms with E-state index < -0.39 is 0 Å². The standard InChI is InChI=1S/C17H25N5O/c1-12(2)10-22-11-21-15-7-14(9-19-16(15)22)17(23)20-8-13-3-5-18-6-4-13/h7,9,11-13,18H,3-6,8,10H2,1-2H3,(H,20,23). The van der Waals surface area contributed by atoms with E-state index in [1.165, 1.54) is 0 Å². The molecule has 0 atom stereocenters. The summed E-state index contributed by atoms with van der Waals surface area (Å²) in [6.45, 7) is 8.02. The highest BCUT2D eigenvalue weighted by Gasteiger charge is 2.15. The lowest BCUT2D eigenvalue weighted by atomic mass is 9.98. The number of carbonyl (C=O) groups is 1. The van der Waals surface area contributed by atoms with Crippen molar-refractivity contribution in [2.24, 2.45) is 11.8 Å². The molecule has 1 aliphatic rings. The van der Waals surface area contributed by atoms with Crippen LogP contribution in [0.15, 0.2) is 18.6 Å².